The van der Waals surface area contributed by atoms with Crippen LogP contribution in [0.15, 0.2) is 30.5 Å². The van der Waals surface area contributed by atoms with Gasteiger partial charge in [-0.1, -0.05) is 20.8 Å². The number of hydrogen-bond acceptors (Lipinski definition) is 2. The summed E-state index contributed by atoms with van der Waals surface area (Å²) in [6, 6.07) is 3.90. The first kappa shape index (κ1) is 17.2. The molecule has 124 valence electrons. The van der Waals surface area contributed by atoms with Crippen molar-refractivity contribution in [3.8, 4) is 11.5 Å². The Kier molecular flexibility index (Phi) is 4.32. The second-order valence-electron chi connectivity index (χ2n) is 6.00. The van der Waals surface area contributed by atoms with E-state index < -0.39 is 34.7 Å². The predicted molar refractivity (Wildman–Crippen MR) is 74.4 cm³/mol. The summed E-state index contributed by atoms with van der Waals surface area (Å²) in [6.07, 6.45) is -3.83. The smallest absolute Gasteiger partial charge is 0.433 e. The lowest BCUT2D eigenvalue weighted by molar-refractivity contribution is -0.141. The van der Waals surface area contributed by atoms with E-state index in [4.69, 9.17) is 4.74 Å². The molecule has 0 atom stereocenters. The van der Waals surface area contributed by atoms with Crippen LogP contribution in [0.25, 0.3) is 0 Å². The van der Waals surface area contributed by atoms with Crippen molar-refractivity contribution >= 4 is 0 Å². The molecule has 23 heavy (non-hydrogen) atoms. The largest absolute Gasteiger partial charge is 0.450 e. The number of aromatic nitrogens is 1. The van der Waals surface area contributed by atoms with Gasteiger partial charge in [-0.15, -0.1) is 0 Å². The Hall–Kier alpha value is -2.18. The van der Waals surface area contributed by atoms with Gasteiger partial charge in [0.2, 0.25) is 0 Å². The van der Waals surface area contributed by atoms with Crippen molar-refractivity contribution in [3.63, 3.8) is 0 Å². The first-order chi connectivity index (χ1) is 10.5. The normalized spacial score (nSPS) is 12.3. The molecule has 2 aromatic rings. The van der Waals surface area contributed by atoms with Crippen molar-refractivity contribution in [2.24, 2.45) is 0 Å². The summed E-state index contributed by atoms with van der Waals surface area (Å²) in [5.41, 5.74) is -1.14. The lowest BCUT2D eigenvalue weighted by Gasteiger charge is -2.20. The van der Waals surface area contributed by atoms with Gasteiger partial charge in [-0.3, -0.25) is 0 Å². The molecule has 0 aliphatic heterocycles. The first-order valence-corrected chi connectivity index (χ1v) is 6.69. The van der Waals surface area contributed by atoms with Crippen LogP contribution in [0.5, 0.6) is 11.5 Å². The minimum absolute atomic E-state index is 0.195. The Morgan fingerprint density at radius 1 is 0.957 bits per heavy atom. The highest BCUT2D eigenvalue weighted by Crippen LogP contribution is 2.33. The topological polar surface area (TPSA) is 22.1 Å². The number of halogens is 5. The van der Waals surface area contributed by atoms with Crippen LogP contribution in [0.3, 0.4) is 0 Å². The molecule has 0 saturated carbocycles. The second-order valence-corrected chi connectivity index (χ2v) is 6.00. The van der Waals surface area contributed by atoms with E-state index in [0.29, 0.717) is 11.6 Å². The van der Waals surface area contributed by atoms with Gasteiger partial charge >= 0.3 is 6.18 Å². The Morgan fingerprint density at radius 3 is 1.91 bits per heavy atom. The van der Waals surface area contributed by atoms with Crippen LogP contribution in [0.4, 0.5) is 22.0 Å². The van der Waals surface area contributed by atoms with E-state index in [2.05, 4.69) is 4.98 Å². The Balaban J connectivity index is 2.30. The minimum atomic E-state index is -4.59. The molecule has 1 heterocycles. The van der Waals surface area contributed by atoms with Gasteiger partial charge in [0.15, 0.2) is 17.4 Å². The van der Waals surface area contributed by atoms with Crippen LogP contribution >= 0.6 is 0 Å². The molecule has 0 spiro atoms. The van der Waals surface area contributed by atoms with Crippen LogP contribution in [0.1, 0.15) is 32.0 Å². The Morgan fingerprint density at radius 2 is 1.52 bits per heavy atom. The highest BCUT2D eigenvalue weighted by Gasteiger charge is 2.32. The van der Waals surface area contributed by atoms with Crippen molar-refractivity contribution in [2.45, 2.75) is 32.4 Å². The van der Waals surface area contributed by atoms with Gasteiger partial charge in [-0.25, -0.2) is 13.8 Å². The van der Waals surface area contributed by atoms with Gasteiger partial charge < -0.3 is 4.74 Å². The zero-order valence-corrected chi connectivity index (χ0v) is 12.6. The molecule has 0 radical (unpaired) electrons. The van der Waals surface area contributed by atoms with E-state index in [0.717, 1.165) is 24.4 Å². The number of nitrogens with zero attached hydrogens (tertiary/aromatic N) is 1. The highest BCUT2D eigenvalue weighted by atomic mass is 19.4. The van der Waals surface area contributed by atoms with Crippen LogP contribution < -0.4 is 4.74 Å². The van der Waals surface area contributed by atoms with Crippen LogP contribution in [0.2, 0.25) is 0 Å². The summed E-state index contributed by atoms with van der Waals surface area (Å²) in [4.78, 5) is 3.17. The molecular formula is C16H14F5NO. The Bertz CT molecular complexity index is 679. The molecule has 0 amide bonds. The average molecular weight is 331 g/mol. The number of hydrogen-bond donors (Lipinski definition) is 0. The number of pyridine rings is 1. The minimum Gasteiger partial charge on any atom is -0.450 e. The van der Waals surface area contributed by atoms with Crippen molar-refractivity contribution in [1.82, 2.24) is 4.98 Å². The molecule has 0 fully saturated rings. The van der Waals surface area contributed by atoms with Gasteiger partial charge in [-0.05, 0) is 35.2 Å². The second kappa shape index (κ2) is 5.79. The third-order valence-corrected chi connectivity index (χ3v) is 3.11. The van der Waals surface area contributed by atoms with Crippen molar-refractivity contribution < 1.29 is 26.7 Å². The summed E-state index contributed by atoms with van der Waals surface area (Å²) in [7, 11) is 0. The first-order valence-electron chi connectivity index (χ1n) is 6.69. The molecular weight excluding hydrogens is 317 g/mol. The van der Waals surface area contributed by atoms with Crippen LogP contribution in [-0.4, -0.2) is 4.98 Å². The maximum Gasteiger partial charge on any atom is 0.433 e. The molecule has 0 aliphatic rings. The van der Waals surface area contributed by atoms with E-state index >= 15 is 0 Å². The molecule has 1 aromatic carbocycles. The van der Waals surface area contributed by atoms with E-state index in [-0.39, 0.29) is 5.75 Å². The zero-order chi connectivity index (χ0) is 17.4. The number of ether oxygens (including phenoxy) is 1. The van der Waals surface area contributed by atoms with Crippen molar-refractivity contribution in [1.29, 1.82) is 0 Å². The lowest BCUT2D eigenvalue weighted by Crippen LogP contribution is -2.12. The standard InChI is InChI=1S/C16H14F5NO/c1-15(2,3)9-6-11(17)14(12(18)7-9)23-10-4-5-13(22-8-10)16(19,20)21/h4-8H,1-3H3. The zero-order valence-electron chi connectivity index (χ0n) is 12.6. The van der Waals surface area contributed by atoms with Gasteiger partial charge in [-0.2, -0.15) is 13.2 Å². The monoisotopic (exact) mass is 331 g/mol. The number of benzene rings is 1. The summed E-state index contributed by atoms with van der Waals surface area (Å²) in [6.45, 7) is 5.38. The molecule has 0 bridgehead atoms. The summed E-state index contributed by atoms with van der Waals surface area (Å²) < 4.78 is 70.3. The van der Waals surface area contributed by atoms with Crippen LogP contribution in [-0.2, 0) is 11.6 Å². The fourth-order valence-electron chi connectivity index (χ4n) is 1.82. The van der Waals surface area contributed by atoms with E-state index in [1.165, 1.54) is 0 Å². The molecule has 2 rings (SSSR count). The van der Waals surface area contributed by atoms with E-state index in [1.807, 2.05) is 0 Å². The maximum absolute atomic E-state index is 14.0. The fourth-order valence-corrected chi connectivity index (χ4v) is 1.82. The van der Waals surface area contributed by atoms with Gasteiger partial charge in [0.25, 0.3) is 0 Å². The summed E-state index contributed by atoms with van der Waals surface area (Å²) in [5, 5.41) is 0. The summed E-state index contributed by atoms with van der Waals surface area (Å²) >= 11 is 0. The van der Waals surface area contributed by atoms with Crippen LogP contribution in [0, 0.1) is 11.6 Å². The lowest BCUT2D eigenvalue weighted by atomic mass is 9.87. The predicted octanol–water partition coefficient (Wildman–Crippen LogP) is 5.47. The van der Waals surface area contributed by atoms with E-state index in [9.17, 15) is 22.0 Å². The quantitative estimate of drug-likeness (QED) is 0.681. The van der Waals surface area contributed by atoms with Gasteiger partial charge in [0.05, 0.1) is 6.20 Å². The van der Waals surface area contributed by atoms with Gasteiger partial charge in [0, 0.05) is 0 Å². The molecule has 0 aliphatic carbocycles. The molecule has 7 heteroatoms. The molecule has 0 N–H and O–H groups in total. The van der Waals surface area contributed by atoms with E-state index in [1.54, 1.807) is 20.8 Å². The van der Waals surface area contributed by atoms with Crippen molar-refractivity contribution in [3.05, 3.63) is 53.4 Å². The van der Waals surface area contributed by atoms with Crippen molar-refractivity contribution in [2.75, 3.05) is 0 Å². The SMILES string of the molecule is CC(C)(C)c1cc(F)c(Oc2ccc(C(F)(F)F)nc2)c(F)c1. The Labute approximate surface area is 129 Å². The third-order valence-electron chi connectivity index (χ3n) is 3.11. The average Bonchev–Trinajstić information content (AvgIpc) is 2.41. The number of rotatable bonds is 2. The molecule has 0 saturated heterocycles. The number of alkyl halides is 3. The van der Waals surface area contributed by atoms with Gasteiger partial charge in [0.1, 0.15) is 11.4 Å². The third kappa shape index (κ3) is 3.97. The summed E-state index contributed by atoms with van der Waals surface area (Å²) in [5.74, 6) is -2.75. The highest BCUT2D eigenvalue weighted by molar-refractivity contribution is 5.37. The molecule has 2 nitrogen and oxygen atoms in total. The maximum atomic E-state index is 14.0. The molecule has 1 aromatic heterocycles. The fraction of sp³-hybridized carbons (Fsp3) is 0.312. The molecule has 0 unspecified atom stereocenters.